The van der Waals surface area contributed by atoms with Crippen LogP contribution >= 0.6 is 15.9 Å². The maximum Gasteiger partial charge on any atom is 0.228 e. The van der Waals surface area contributed by atoms with Gasteiger partial charge in [0.25, 0.3) is 0 Å². The Kier molecular flexibility index (Phi) is 5.21. The molecular formula is C14H18BrNO3S. The first-order valence-corrected chi connectivity index (χ1v) is 9.60. The lowest BCUT2D eigenvalue weighted by Crippen LogP contribution is -2.23. The van der Waals surface area contributed by atoms with E-state index in [1.807, 2.05) is 24.3 Å². The molecule has 0 aromatic heterocycles. The molecule has 0 spiro atoms. The van der Waals surface area contributed by atoms with Gasteiger partial charge >= 0.3 is 0 Å². The van der Waals surface area contributed by atoms with Gasteiger partial charge in [-0.3, -0.25) is 4.79 Å². The van der Waals surface area contributed by atoms with E-state index in [0.717, 1.165) is 23.9 Å². The molecule has 1 atom stereocenters. The highest BCUT2D eigenvalue weighted by Crippen LogP contribution is 2.21. The second kappa shape index (κ2) is 6.72. The summed E-state index contributed by atoms with van der Waals surface area (Å²) >= 11 is 3.39. The molecule has 6 heteroatoms. The van der Waals surface area contributed by atoms with Gasteiger partial charge in [0.05, 0.1) is 17.4 Å². The first kappa shape index (κ1) is 15.5. The first-order valence-electron chi connectivity index (χ1n) is 6.66. The van der Waals surface area contributed by atoms with Crippen molar-refractivity contribution in [1.29, 1.82) is 0 Å². The second-order valence-corrected chi connectivity index (χ2v) is 8.10. The third kappa shape index (κ3) is 4.31. The van der Waals surface area contributed by atoms with Crippen molar-refractivity contribution < 1.29 is 13.2 Å². The molecule has 0 radical (unpaired) electrons. The van der Waals surface area contributed by atoms with E-state index in [9.17, 15) is 13.2 Å². The first-order chi connectivity index (χ1) is 9.50. The lowest BCUT2D eigenvalue weighted by molar-refractivity contribution is -0.119. The van der Waals surface area contributed by atoms with E-state index in [1.54, 1.807) is 0 Å². The van der Waals surface area contributed by atoms with Gasteiger partial charge in [0.1, 0.15) is 0 Å². The van der Waals surface area contributed by atoms with Crippen molar-refractivity contribution in [2.75, 3.05) is 22.2 Å². The number of rotatable bonds is 5. The molecule has 1 aliphatic heterocycles. The van der Waals surface area contributed by atoms with Gasteiger partial charge in [-0.15, -0.1) is 0 Å². The van der Waals surface area contributed by atoms with Crippen LogP contribution in [0.2, 0.25) is 0 Å². The van der Waals surface area contributed by atoms with Crippen LogP contribution in [-0.4, -0.2) is 31.2 Å². The van der Waals surface area contributed by atoms with Gasteiger partial charge in [0, 0.05) is 11.0 Å². The minimum absolute atomic E-state index is 0.0257. The van der Waals surface area contributed by atoms with Gasteiger partial charge in [0.2, 0.25) is 5.91 Å². The molecule has 1 heterocycles. The van der Waals surface area contributed by atoms with Crippen LogP contribution in [-0.2, 0) is 21.1 Å². The quantitative estimate of drug-likeness (QED) is 0.821. The summed E-state index contributed by atoms with van der Waals surface area (Å²) in [6, 6.07) is 7.71. The average molecular weight is 360 g/mol. The molecule has 1 aliphatic rings. The van der Waals surface area contributed by atoms with E-state index in [-0.39, 0.29) is 17.4 Å². The number of benzene rings is 1. The third-order valence-corrected chi connectivity index (χ3v) is 5.73. The molecular weight excluding hydrogens is 342 g/mol. The number of hydrogen-bond acceptors (Lipinski definition) is 3. The summed E-state index contributed by atoms with van der Waals surface area (Å²) in [7, 11) is -3.02. The molecule has 1 aromatic rings. The van der Waals surface area contributed by atoms with Crippen molar-refractivity contribution in [3.8, 4) is 0 Å². The number of aryl methyl sites for hydroxylation is 1. The highest BCUT2D eigenvalue weighted by atomic mass is 79.9. The molecule has 20 heavy (non-hydrogen) atoms. The molecule has 110 valence electrons. The Morgan fingerprint density at radius 3 is 2.85 bits per heavy atom. The summed E-state index contributed by atoms with van der Waals surface area (Å²) in [4.78, 5) is 12.0. The Morgan fingerprint density at radius 2 is 2.20 bits per heavy atom. The van der Waals surface area contributed by atoms with Crippen molar-refractivity contribution in [1.82, 2.24) is 0 Å². The maximum atomic E-state index is 12.0. The van der Waals surface area contributed by atoms with Crippen LogP contribution in [0, 0.1) is 5.92 Å². The number of halogens is 1. The fourth-order valence-corrected chi connectivity index (χ4v) is 4.34. The zero-order valence-corrected chi connectivity index (χ0v) is 13.5. The second-order valence-electron chi connectivity index (χ2n) is 5.08. The van der Waals surface area contributed by atoms with Crippen LogP contribution in [0.15, 0.2) is 24.3 Å². The third-order valence-electron chi connectivity index (χ3n) is 3.40. The molecule has 1 N–H and O–H groups in total. The Bertz CT molecular complexity index is 586. The van der Waals surface area contributed by atoms with Crippen molar-refractivity contribution in [2.45, 2.75) is 19.3 Å². The molecule has 1 fully saturated rings. The number of sulfone groups is 1. The Labute approximate surface area is 128 Å². The maximum absolute atomic E-state index is 12.0. The molecule has 1 amide bonds. The van der Waals surface area contributed by atoms with Crippen molar-refractivity contribution in [3.63, 3.8) is 0 Å². The van der Waals surface area contributed by atoms with Crippen LogP contribution < -0.4 is 5.32 Å². The Morgan fingerprint density at radius 1 is 1.40 bits per heavy atom. The van der Waals surface area contributed by atoms with Crippen LogP contribution in [0.3, 0.4) is 0 Å². The molecule has 1 aromatic carbocycles. The predicted molar refractivity (Wildman–Crippen MR) is 83.9 cm³/mol. The van der Waals surface area contributed by atoms with Gasteiger partial charge in [-0.05, 0) is 37.0 Å². The van der Waals surface area contributed by atoms with Crippen molar-refractivity contribution in [2.24, 2.45) is 5.92 Å². The summed E-state index contributed by atoms with van der Waals surface area (Å²) in [5, 5.41) is 3.77. The van der Waals surface area contributed by atoms with Gasteiger partial charge in [-0.1, -0.05) is 28.1 Å². The Balaban J connectivity index is 1.97. The van der Waals surface area contributed by atoms with Gasteiger partial charge in [-0.2, -0.15) is 0 Å². The van der Waals surface area contributed by atoms with Gasteiger partial charge in [0.15, 0.2) is 9.84 Å². The number of nitrogens with one attached hydrogen (secondary N) is 1. The van der Waals surface area contributed by atoms with E-state index >= 15 is 0 Å². The van der Waals surface area contributed by atoms with E-state index in [0.29, 0.717) is 6.42 Å². The highest BCUT2D eigenvalue weighted by Gasteiger charge is 2.32. The summed E-state index contributed by atoms with van der Waals surface area (Å²) < 4.78 is 22.8. The minimum Gasteiger partial charge on any atom is -0.326 e. The van der Waals surface area contributed by atoms with Gasteiger partial charge < -0.3 is 5.32 Å². The fraction of sp³-hybridized carbons (Fsp3) is 0.500. The molecule has 2 rings (SSSR count). The number of carbonyl (C=O) groups is 1. The van der Waals surface area contributed by atoms with Gasteiger partial charge in [-0.25, -0.2) is 8.42 Å². The highest BCUT2D eigenvalue weighted by molar-refractivity contribution is 9.09. The summed E-state index contributed by atoms with van der Waals surface area (Å²) in [5.41, 5.74) is 1.91. The van der Waals surface area contributed by atoms with E-state index in [4.69, 9.17) is 0 Å². The summed E-state index contributed by atoms with van der Waals surface area (Å²) in [5.74, 6) is -0.506. The van der Waals surface area contributed by atoms with Crippen molar-refractivity contribution in [3.05, 3.63) is 29.8 Å². The largest absolute Gasteiger partial charge is 0.326 e. The monoisotopic (exact) mass is 359 g/mol. The van der Waals surface area contributed by atoms with Crippen LogP contribution in [0.25, 0.3) is 0 Å². The lowest BCUT2D eigenvalue weighted by atomic mass is 10.1. The minimum atomic E-state index is -3.02. The number of hydrogen-bond donors (Lipinski definition) is 1. The molecule has 1 saturated heterocycles. The lowest BCUT2D eigenvalue weighted by Gasteiger charge is -2.10. The average Bonchev–Trinajstić information content (AvgIpc) is 2.77. The normalized spacial score (nSPS) is 20.8. The van der Waals surface area contributed by atoms with E-state index < -0.39 is 15.8 Å². The number of anilines is 1. The molecule has 4 nitrogen and oxygen atoms in total. The van der Waals surface area contributed by atoms with E-state index in [1.165, 1.54) is 5.56 Å². The molecule has 1 unspecified atom stereocenters. The smallest absolute Gasteiger partial charge is 0.228 e. The standard InChI is InChI=1S/C14H18BrNO3S/c15-7-2-4-11-3-1-5-13(9-11)16-14(17)12-6-8-20(18,19)10-12/h1,3,5,9,12H,2,4,6-8,10H2,(H,16,17). The van der Waals surface area contributed by atoms with Crippen molar-refractivity contribution >= 4 is 37.4 Å². The number of amides is 1. The summed E-state index contributed by atoms with van der Waals surface area (Å²) in [6.45, 7) is 0. The number of carbonyl (C=O) groups excluding carboxylic acids is 1. The number of alkyl halides is 1. The molecule has 0 aliphatic carbocycles. The Hall–Kier alpha value is -0.880. The fourth-order valence-electron chi connectivity index (χ4n) is 2.32. The summed E-state index contributed by atoms with van der Waals surface area (Å²) in [6.07, 6.45) is 2.42. The molecule has 0 bridgehead atoms. The van der Waals surface area contributed by atoms with Crippen LogP contribution in [0.1, 0.15) is 18.4 Å². The predicted octanol–water partition coefficient (Wildman–Crippen LogP) is 2.39. The zero-order valence-electron chi connectivity index (χ0n) is 11.1. The SMILES string of the molecule is O=C(Nc1cccc(CCCBr)c1)C1CCS(=O)(=O)C1. The zero-order chi connectivity index (χ0) is 14.6. The van der Waals surface area contributed by atoms with E-state index in [2.05, 4.69) is 21.2 Å². The van der Waals surface area contributed by atoms with Crippen LogP contribution in [0.5, 0.6) is 0 Å². The van der Waals surface area contributed by atoms with Crippen LogP contribution in [0.4, 0.5) is 5.69 Å². The molecule has 0 saturated carbocycles. The topological polar surface area (TPSA) is 63.2 Å².